The van der Waals surface area contributed by atoms with Crippen LogP contribution in [-0.2, 0) is 4.74 Å². The van der Waals surface area contributed by atoms with E-state index in [2.05, 4.69) is 5.32 Å². The molecule has 6 heteroatoms. The number of urea groups is 1. The Kier molecular flexibility index (Phi) is 5.53. The molecular formula is C19H22N2O4. The number of nitrogens with zero attached hydrogens (tertiary/aromatic N) is 1. The quantitative estimate of drug-likeness (QED) is 0.896. The average molecular weight is 342 g/mol. The minimum absolute atomic E-state index is 0.130. The summed E-state index contributed by atoms with van der Waals surface area (Å²) >= 11 is 0. The van der Waals surface area contributed by atoms with Gasteiger partial charge in [-0.1, -0.05) is 36.4 Å². The van der Waals surface area contributed by atoms with Crippen molar-refractivity contribution in [3.05, 3.63) is 48.5 Å². The molecule has 0 bridgehead atoms. The molecule has 3 rings (SSSR count). The van der Waals surface area contributed by atoms with E-state index in [1.54, 1.807) is 12.0 Å². The van der Waals surface area contributed by atoms with Crippen molar-refractivity contribution < 1.29 is 19.4 Å². The lowest BCUT2D eigenvalue weighted by atomic mass is 10.0. The van der Waals surface area contributed by atoms with Gasteiger partial charge in [-0.25, -0.2) is 4.79 Å². The standard InChI is InChI=1S/C19H22N2O4/c1-24-18-8-7-15(14-5-3-2-4-6-14)11-17(18)20-19(23)21-9-10-25-13-16(21)12-22/h2-8,11,16,22H,9-10,12-13H2,1H3,(H,20,23)/t16-/m0/s1. The van der Waals surface area contributed by atoms with Crippen molar-refractivity contribution >= 4 is 11.7 Å². The van der Waals surface area contributed by atoms with Crippen molar-refractivity contribution in [1.29, 1.82) is 0 Å². The molecule has 25 heavy (non-hydrogen) atoms. The Balaban J connectivity index is 1.84. The molecular weight excluding hydrogens is 320 g/mol. The normalized spacial score (nSPS) is 17.2. The third-order valence-corrected chi connectivity index (χ3v) is 4.25. The van der Waals surface area contributed by atoms with Gasteiger partial charge in [0.05, 0.1) is 38.7 Å². The Hall–Kier alpha value is -2.57. The van der Waals surface area contributed by atoms with Gasteiger partial charge < -0.3 is 24.8 Å². The Morgan fingerprint density at radius 2 is 2.08 bits per heavy atom. The number of rotatable bonds is 4. The molecule has 1 fully saturated rings. The molecule has 6 nitrogen and oxygen atoms in total. The van der Waals surface area contributed by atoms with E-state index >= 15 is 0 Å². The molecule has 0 radical (unpaired) electrons. The first-order valence-corrected chi connectivity index (χ1v) is 8.22. The number of hydrogen-bond donors (Lipinski definition) is 2. The number of carbonyl (C=O) groups is 1. The fourth-order valence-electron chi connectivity index (χ4n) is 2.88. The van der Waals surface area contributed by atoms with Crippen LogP contribution in [0.4, 0.5) is 10.5 Å². The zero-order valence-electron chi connectivity index (χ0n) is 14.1. The number of morpholine rings is 1. The highest BCUT2D eigenvalue weighted by atomic mass is 16.5. The average Bonchev–Trinajstić information content (AvgIpc) is 2.68. The van der Waals surface area contributed by atoms with Gasteiger partial charge in [0, 0.05) is 6.54 Å². The second-order valence-electron chi connectivity index (χ2n) is 5.82. The zero-order valence-corrected chi connectivity index (χ0v) is 14.1. The Morgan fingerprint density at radius 3 is 2.80 bits per heavy atom. The predicted octanol–water partition coefficient (Wildman–Crippen LogP) is 2.59. The van der Waals surface area contributed by atoms with Crippen LogP contribution in [0.3, 0.4) is 0 Å². The number of ether oxygens (including phenoxy) is 2. The Morgan fingerprint density at radius 1 is 1.28 bits per heavy atom. The first-order valence-electron chi connectivity index (χ1n) is 8.22. The fraction of sp³-hybridized carbons (Fsp3) is 0.316. The second kappa shape index (κ2) is 8.00. The maximum Gasteiger partial charge on any atom is 0.322 e. The summed E-state index contributed by atoms with van der Waals surface area (Å²) in [6.07, 6.45) is 0. The first kappa shape index (κ1) is 17.3. The van der Waals surface area contributed by atoms with E-state index in [-0.39, 0.29) is 18.7 Å². The van der Waals surface area contributed by atoms with Crippen LogP contribution in [0.1, 0.15) is 0 Å². The number of amides is 2. The summed E-state index contributed by atoms with van der Waals surface area (Å²) in [7, 11) is 1.57. The first-order chi connectivity index (χ1) is 12.2. The zero-order chi connectivity index (χ0) is 17.6. The predicted molar refractivity (Wildman–Crippen MR) is 95.8 cm³/mol. The molecule has 0 saturated carbocycles. The molecule has 2 amide bonds. The number of hydrogen-bond acceptors (Lipinski definition) is 4. The van der Waals surface area contributed by atoms with Gasteiger partial charge in [0.25, 0.3) is 0 Å². The lowest BCUT2D eigenvalue weighted by Gasteiger charge is -2.34. The van der Waals surface area contributed by atoms with E-state index in [0.717, 1.165) is 11.1 Å². The highest BCUT2D eigenvalue weighted by Crippen LogP contribution is 2.31. The van der Waals surface area contributed by atoms with Gasteiger partial charge in [-0.3, -0.25) is 0 Å². The molecule has 0 spiro atoms. The topological polar surface area (TPSA) is 71.0 Å². The maximum atomic E-state index is 12.6. The third kappa shape index (κ3) is 3.92. The summed E-state index contributed by atoms with van der Waals surface area (Å²) in [6.45, 7) is 1.11. The number of methoxy groups -OCH3 is 1. The van der Waals surface area contributed by atoms with Crippen molar-refractivity contribution in [2.75, 3.05) is 38.8 Å². The summed E-state index contributed by atoms with van der Waals surface area (Å²) < 4.78 is 10.7. The van der Waals surface area contributed by atoms with E-state index < -0.39 is 0 Å². The molecule has 0 aromatic heterocycles. The van der Waals surface area contributed by atoms with Gasteiger partial charge in [0.1, 0.15) is 5.75 Å². The number of carbonyl (C=O) groups excluding carboxylic acids is 1. The molecule has 1 heterocycles. The van der Waals surface area contributed by atoms with Crippen LogP contribution < -0.4 is 10.1 Å². The van der Waals surface area contributed by atoms with Crippen LogP contribution >= 0.6 is 0 Å². The van der Waals surface area contributed by atoms with Gasteiger partial charge in [-0.2, -0.15) is 0 Å². The Bertz CT molecular complexity index is 721. The van der Waals surface area contributed by atoms with Crippen LogP contribution in [-0.4, -0.2) is 55.6 Å². The van der Waals surface area contributed by atoms with E-state index in [0.29, 0.717) is 31.2 Å². The Labute approximate surface area is 147 Å². The van der Waals surface area contributed by atoms with Crippen molar-refractivity contribution in [2.24, 2.45) is 0 Å². The van der Waals surface area contributed by atoms with Gasteiger partial charge in [-0.15, -0.1) is 0 Å². The van der Waals surface area contributed by atoms with Crippen LogP contribution in [0.15, 0.2) is 48.5 Å². The largest absolute Gasteiger partial charge is 0.495 e. The van der Waals surface area contributed by atoms with E-state index in [1.165, 1.54) is 0 Å². The highest BCUT2D eigenvalue weighted by Gasteiger charge is 2.27. The number of aliphatic hydroxyl groups excluding tert-OH is 1. The molecule has 2 aromatic carbocycles. The lowest BCUT2D eigenvalue weighted by Crippen LogP contribution is -2.52. The second-order valence-corrected chi connectivity index (χ2v) is 5.82. The van der Waals surface area contributed by atoms with Crippen LogP contribution in [0.5, 0.6) is 5.75 Å². The molecule has 2 N–H and O–H groups in total. The van der Waals surface area contributed by atoms with Crippen molar-refractivity contribution in [2.45, 2.75) is 6.04 Å². The summed E-state index contributed by atoms with van der Waals surface area (Å²) in [5, 5.41) is 12.3. The highest BCUT2D eigenvalue weighted by molar-refractivity contribution is 5.92. The molecule has 1 aliphatic heterocycles. The minimum Gasteiger partial charge on any atom is -0.495 e. The van der Waals surface area contributed by atoms with Crippen LogP contribution in [0.25, 0.3) is 11.1 Å². The smallest absolute Gasteiger partial charge is 0.322 e. The van der Waals surface area contributed by atoms with E-state index in [9.17, 15) is 9.90 Å². The van der Waals surface area contributed by atoms with Crippen molar-refractivity contribution in [1.82, 2.24) is 4.90 Å². The summed E-state index contributed by atoms with van der Waals surface area (Å²) in [5.41, 5.74) is 2.63. The van der Waals surface area contributed by atoms with Crippen molar-refractivity contribution in [3.8, 4) is 16.9 Å². The molecule has 0 unspecified atom stereocenters. The molecule has 1 aliphatic rings. The van der Waals surface area contributed by atoms with Gasteiger partial charge >= 0.3 is 6.03 Å². The molecule has 0 aliphatic carbocycles. The third-order valence-electron chi connectivity index (χ3n) is 4.25. The van der Waals surface area contributed by atoms with Gasteiger partial charge in [0.15, 0.2) is 0 Å². The van der Waals surface area contributed by atoms with Gasteiger partial charge in [0.2, 0.25) is 0 Å². The van der Waals surface area contributed by atoms with Crippen LogP contribution in [0.2, 0.25) is 0 Å². The molecule has 1 atom stereocenters. The number of aliphatic hydroxyl groups is 1. The number of benzene rings is 2. The maximum absolute atomic E-state index is 12.6. The van der Waals surface area contributed by atoms with E-state index in [1.807, 2.05) is 48.5 Å². The molecule has 1 saturated heterocycles. The summed E-state index contributed by atoms with van der Waals surface area (Å²) in [5.74, 6) is 0.585. The number of nitrogens with one attached hydrogen (secondary N) is 1. The van der Waals surface area contributed by atoms with Crippen molar-refractivity contribution in [3.63, 3.8) is 0 Å². The number of anilines is 1. The van der Waals surface area contributed by atoms with Gasteiger partial charge in [-0.05, 0) is 23.3 Å². The molecule has 132 valence electrons. The minimum atomic E-state index is -0.336. The summed E-state index contributed by atoms with van der Waals surface area (Å²) in [6, 6.07) is 15.0. The monoisotopic (exact) mass is 342 g/mol. The lowest BCUT2D eigenvalue weighted by molar-refractivity contribution is -0.00485. The SMILES string of the molecule is COc1ccc(-c2ccccc2)cc1NC(=O)N1CCOC[C@@H]1CO. The van der Waals surface area contributed by atoms with E-state index in [4.69, 9.17) is 9.47 Å². The van der Waals surface area contributed by atoms with Crippen LogP contribution in [0, 0.1) is 0 Å². The summed E-state index contributed by atoms with van der Waals surface area (Å²) in [4.78, 5) is 14.2. The molecule has 2 aromatic rings. The fourth-order valence-corrected chi connectivity index (χ4v) is 2.88.